The Labute approximate surface area is 64.7 Å². The molecule has 0 radical (unpaired) electrons. The Morgan fingerprint density at radius 2 is 2.45 bits per heavy atom. The van der Waals surface area contributed by atoms with Gasteiger partial charge in [-0.25, -0.2) is 4.98 Å². The van der Waals surface area contributed by atoms with Crippen LogP contribution in [0.25, 0.3) is 0 Å². The lowest BCUT2D eigenvalue weighted by molar-refractivity contribution is 0.747. The molecule has 4 heteroatoms. The second kappa shape index (κ2) is 3.30. The van der Waals surface area contributed by atoms with Crippen LogP contribution in [0.2, 0.25) is 0 Å². The summed E-state index contributed by atoms with van der Waals surface area (Å²) in [5.74, 6) is 0.678. The SMILES string of the molecule is CNCc1nc(C)cc(=O)[nH]1. The molecule has 1 aromatic heterocycles. The second-order valence-electron chi connectivity index (χ2n) is 2.36. The van der Waals surface area contributed by atoms with Crippen LogP contribution in [0.3, 0.4) is 0 Å². The summed E-state index contributed by atoms with van der Waals surface area (Å²) < 4.78 is 0. The molecule has 0 saturated carbocycles. The van der Waals surface area contributed by atoms with Gasteiger partial charge in [0, 0.05) is 11.8 Å². The molecule has 0 fully saturated rings. The van der Waals surface area contributed by atoms with Gasteiger partial charge in [-0.15, -0.1) is 0 Å². The summed E-state index contributed by atoms with van der Waals surface area (Å²) in [7, 11) is 1.81. The molecule has 0 spiro atoms. The molecule has 0 aliphatic heterocycles. The van der Waals surface area contributed by atoms with Crippen molar-refractivity contribution in [3.8, 4) is 0 Å². The van der Waals surface area contributed by atoms with Gasteiger partial charge in [-0.3, -0.25) is 4.79 Å². The maximum absolute atomic E-state index is 10.9. The van der Waals surface area contributed by atoms with Crippen molar-refractivity contribution in [1.29, 1.82) is 0 Å². The summed E-state index contributed by atoms with van der Waals surface area (Å²) in [6.45, 7) is 2.39. The zero-order valence-electron chi connectivity index (χ0n) is 6.64. The molecule has 4 nitrogen and oxygen atoms in total. The van der Waals surface area contributed by atoms with Crippen LogP contribution in [0.1, 0.15) is 11.5 Å². The normalized spacial score (nSPS) is 10.0. The van der Waals surface area contributed by atoms with Crippen LogP contribution < -0.4 is 10.9 Å². The summed E-state index contributed by atoms with van der Waals surface area (Å²) in [6, 6.07) is 1.47. The van der Waals surface area contributed by atoms with Gasteiger partial charge < -0.3 is 10.3 Å². The quantitative estimate of drug-likeness (QED) is 0.618. The molecule has 1 heterocycles. The Bertz CT molecular complexity index is 292. The van der Waals surface area contributed by atoms with Gasteiger partial charge in [-0.05, 0) is 14.0 Å². The first-order valence-electron chi connectivity index (χ1n) is 3.44. The van der Waals surface area contributed by atoms with Crippen molar-refractivity contribution in [3.05, 3.63) is 27.9 Å². The molecule has 0 aromatic carbocycles. The molecular weight excluding hydrogens is 142 g/mol. The molecule has 0 unspecified atom stereocenters. The Morgan fingerprint density at radius 3 is 3.00 bits per heavy atom. The number of nitrogens with zero attached hydrogens (tertiary/aromatic N) is 1. The van der Waals surface area contributed by atoms with Gasteiger partial charge in [-0.2, -0.15) is 0 Å². The average molecular weight is 153 g/mol. The van der Waals surface area contributed by atoms with E-state index in [0.29, 0.717) is 12.4 Å². The van der Waals surface area contributed by atoms with Gasteiger partial charge in [0.1, 0.15) is 5.82 Å². The van der Waals surface area contributed by atoms with Crippen LogP contribution >= 0.6 is 0 Å². The molecule has 0 aliphatic carbocycles. The van der Waals surface area contributed by atoms with Gasteiger partial charge in [0.05, 0.1) is 6.54 Å². The number of H-pyrrole nitrogens is 1. The third-order valence-electron chi connectivity index (χ3n) is 1.26. The number of aromatic amines is 1. The van der Waals surface area contributed by atoms with E-state index < -0.39 is 0 Å². The maximum atomic E-state index is 10.9. The Balaban J connectivity index is 2.99. The number of hydrogen-bond donors (Lipinski definition) is 2. The summed E-state index contributed by atoms with van der Waals surface area (Å²) in [4.78, 5) is 17.6. The summed E-state index contributed by atoms with van der Waals surface area (Å²) >= 11 is 0. The van der Waals surface area contributed by atoms with Crippen LogP contribution in [0, 0.1) is 6.92 Å². The van der Waals surface area contributed by atoms with Gasteiger partial charge in [-0.1, -0.05) is 0 Å². The topological polar surface area (TPSA) is 57.8 Å². The first kappa shape index (κ1) is 7.94. The number of aryl methyl sites for hydroxylation is 1. The highest BCUT2D eigenvalue weighted by Gasteiger charge is 1.94. The molecule has 0 atom stereocenters. The zero-order chi connectivity index (χ0) is 8.27. The highest BCUT2D eigenvalue weighted by Crippen LogP contribution is 1.87. The summed E-state index contributed by atoms with van der Waals surface area (Å²) in [5, 5.41) is 2.91. The molecule has 0 bridgehead atoms. The molecule has 0 aliphatic rings. The molecule has 1 rings (SSSR count). The van der Waals surface area contributed by atoms with Gasteiger partial charge in [0.2, 0.25) is 0 Å². The highest BCUT2D eigenvalue weighted by atomic mass is 16.1. The van der Waals surface area contributed by atoms with Crippen molar-refractivity contribution < 1.29 is 0 Å². The number of rotatable bonds is 2. The molecule has 0 amide bonds. The van der Waals surface area contributed by atoms with E-state index in [4.69, 9.17) is 0 Å². The van der Waals surface area contributed by atoms with E-state index in [9.17, 15) is 4.79 Å². The predicted molar refractivity (Wildman–Crippen MR) is 42.4 cm³/mol. The number of nitrogens with one attached hydrogen (secondary N) is 2. The zero-order valence-corrected chi connectivity index (χ0v) is 6.64. The molecule has 1 aromatic rings. The van der Waals surface area contributed by atoms with Crippen molar-refractivity contribution in [2.24, 2.45) is 0 Å². The fourth-order valence-electron chi connectivity index (χ4n) is 0.892. The minimum Gasteiger partial charge on any atom is -0.313 e. The van der Waals surface area contributed by atoms with Crippen molar-refractivity contribution in [3.63, 3.8) is 0 Å². The molecule has 0 saturated heterocycles. The van der Waals surface area contributed by atoms with Crippen molar-refractivity contribution in [2.45, 2.75) is 13.5 Å². The summed E-state index contributed by atoms with van der Waals surface area (Å²) in [6.07, 6.45) is 0. The van der Waals surface area contributed by atoms with E-state index in [0.717, 1.165) is 5.69 Å². The first-order chi connectivity index (χ1) is 5.22. The van der Waals surface area contributed by atoms with E-state index in [1.807, 2.05) is 7.05 Å². The van der Waals surface area contributed by atoms with Crippen LogP contribution in [0.15, 0.2) is 10.9 Å². The minimum atomic E-state index is -0.0947. The van der Waals surface area contributed by atoms with Crippen molar-refractivity contribution >= 4 is 0 Å². The highest BCUT2D eigenvalue weighted by molar-refractivity contribution is 4.99. The molecule has 2 N–H and O–H groups in total. The lowest BCUT2D eigenvalue weighted by atomic mass is 10.4. The predicted octanol–water partition coefficient (Wildman–Crippen LogP) is -0.202. The third-order valence-corrected chi connectivity index (χ3v) is 1.26. The van der Waals surface area contributed by atoms with Crippen LogP contribution in [0.5, 0.6) is 0 Å². The average Bonchev–Trinajstić information content (AvgIpc) is 1.85. The monoisotopic (exact) mass is 153 g/mol. The smallest absolute Gasteiger partial charge is 0.251 e. The van der Waals surface area contributed by atoms with E-state index in [1.165, 1.54) is 6.07 Å². The van der Waals surface area contributed by atoms with E-state index in [2.05, 4.69) is 15.3 Å². The minimum absolute atomic E-state index is 0.0947. The fourth-order valence-corrected chi connectivity index (χ4v) is 0.892. The lowest BCUT2D eigenvalue weighted by Gasteiger charge is -1.98. The maximum Gasteiger partial charge on any atom is 0.251 e. The van der Waals surface area contributed by atoms with Crippen LogP contribution in [-0.4, -0.2) is 17.0 Å². The standard InChI is InChI=1S/C7H11N3O/c1-5-3-7(11)10-6(9-5)4-8-2/h3,8H,4H2,1-2H3,(H,9,10,11). The third kappa shape index (κ3) is 2.16. The lowest BCUT2D eigenvalue weighted by Crippen LogP contribution is -2.16. The van der Waals surface area contributed by atoms with Crippen molar-refractivity contribution in [2.75, 3.05) is 7.05 Å². The number of aromatic nitrogens is 2. The van der Waals surface area contributed by atoms with Gasteiger partial charge in [0.25, 0.3) is 5.56 Å². The summed E-state index contributed by atoms with van der Waals surface area (Å²) in [5.41, 5.74) is 0.654. The Hall–Kier alpha value is -1.16. The van der Waals surface area contributed by atoms with E-state index in [-0.39, 0.29) is 5.56 Å². The first-order valence-corrected chi connectivity index (χ1v) is 3.44. The van der Waals surface area contributed by atoms with E-state index >= 15 is 0 Å². The number of hydrogen-bond acceptors (Lipinski definition) is 3. The molecule has 60 valence electrons. The van der Waals surface area contributed by atoms with Crippen LogP contribution in [-0.2, 0) is 6.54 Å². The van der Waals surface area contributed by atoms with Gasteiger partial charge in [0.15, 0.2) is 0 Å². The second-order valence-corrected chi connectivity index (χ2v) is 2.36. The van der Waals surface area contributed by atoms with E-state index in [1.54, 1.807) is 6.92 Å². The van der Waals surface area contributed by atoms with Crippen LogP contribution in [0.4, 0.5) is 0 Å². The largest absolute Gasteiger partial charge is 0.313 e. The molecular formula is C7H11N3O. The van der Waals surface area contributed by atoms with Gasteiger partial charge >= 0.3 is 0 Å². The van der Waals surface area contributed by atoms with Crippen molar-refractivity contribution in [1.82, 2.24) is 15.3 Å². The Kier molecular flexibility index (Phi) is 2.38. The molecule has 11 heavy (non-hydrogen) atoms. The fraction of sp³-hybridized carbons (Fsp3) is 0.429. The Morgan fingerprint density at radius 1 is 1.73 bits per heavy atom.